The molecule has 120 valence electrons. The minimum atomic E-state index is -0.0646. The van der Waals surface area contributed by atoms with Crippen molar-refractivity contribution in [1.82, 2.24) is 0 Å². The number of aliphatic hydroxyl groups is 1. The summed E-state index contributed by atoms with van der Waals surface area (Å²) in [6.07, 6.45) is 25.7. The molecule has 1 N–H and O–H groups in total. The lowest BCUT2D eigenvalue weighted by Gasteiger charge is -2.09. The molecule has 0 saturated carbocycles. The molecule has 1 heteroatoms. The molecule has 0 radical (unpaired) electrons. The van der Waals surface area contributed by atoms with E-state index in [1.54, 1.807) is 6.08 Å². The van der Waals surface area contributed by atoms with E-state index in [1.165, 1.54) is 44.9 Å². The fraction of sp³-hybridized carbons (Fsp3) is 0.600. The summed E-state index contributed by atoms with van der Waals surface area (Å²) >= 11 is 0. The maximum absolute atomic E-state index is 9.81. The lowest BCUT2D eigenvalue weighted by Crippen LogP contribution is -2.05. The van der Waals surface area contributed by atoms with Gasteiger partial charge in [-0.15, -0.1) is 0 Å². The van der Waals surface area contributed by atoms with Crippen LogP contribution < -0.4 is 0 Å². The first-order valence-corrected chi connectivity index (χ1v) is 8.60. The molecule has 0 aromatic heterocycles. The van der Waals surface area contributed by atoms with Gasteiger partial charge >= 0.3 is 0 Å². The summed E-state index contributed by atoms with van der Waals surface area (Å²) in [5, 5.41) is 9.81. The van der Waals surface area contributed by atoms with Gasteiger partial charge in [0.25, 0.3) is 0 Å². The third kappa shape index (κ3) is 16.9. The van der Waals surface area contributed by atoms with Gasteiger partial charge in [0.2, 0.25) is 0 Å². The summed E-state index contributed by atoms with van der Waals surface area (Å²) in [6, 6.07) is 0. The van der Waals surface area contributed by atoms with E-state index in [4.69, 9.17) is 0 Å². The molecule has 1 atom stereocenters. The first-order chi connectivity index (χ1) is 10.3. The van der Waals surface area contributed by atoms with E-state index in [0.29, 0.717) is 0 Å². The van der Waals surface area contributed by atoms with Gasteiger partial charge in [-0.2, -0.15) is 0 Å². The van der Waals surface area contributed by atoms with Crippen LogP contribution in [0.3, 0.4) is 0 Å². The van der Waals surface area contributed by atoms with Gasteiger partial charge in [-0.3, -0.25) is 0 Å². The molecule has 0 aromatic rings. The van der Waals surface area contributed by atoms with E-state index < -0.39 is 0 Å². The van der Waals surface area contributed by atoms with E-state index in [9.17, 15) is 5.11 Å². The first kappa shape index (κ1) is 19.9. The van der Waals surface area contributed by atoms with Gasteiger partial charge in [-0.1, -0.05) is 94.6 Å². The van der Waals surface area contributed by atoms with Gasteiger partial charge in [0.1, 0.15) is 0 Å². The zero-order valence-electron chi connectivity index (χ0n) is 13.8. The van der Waals surface area contributed by atoms with Gasteiger partial charge in [0.15, 0.2) is 0 Å². The fourth-order valence-electron chi connectivity index (χ4n) is 2.22. The molecule has 0 aliphatic rings. The van der Waals surface area contributed by atoms with E-state index in [1.807, 2.05) is 24.3 Å². The molecular weight excluding hydrogens is 256 g/mol. The largest absolute Gasteiger partial charge is 0.393 e. The van der Waals surface area contributed by atoms with Crippen LogP contribution >= 0.6 is 0 Å². The number of rotatable bonds is 14. The second-order valence-corrected chi connectivity index (χ2v) is 5.57. The topological polar surface area (TPSA) is 20.2 Å². The zero-order chi connectivity index (χ0) is 15.6. The van der Waals surface area contributed by atoms with Crippen molar-refractivity contribution < 1.29 is 5.11 Å². The average Bonchev–Trinajstić information content (AvgIpc) is 2.48. The standard InChI is InChI=1S/C20H34O/c1-3-5-7-8-9-10-11-12-13-14-15-17-19-20(21)18-16-6-4-2/h3,5,7-11,20-21H,1,4,6,12-19H2,2H3/t20-/m0/s1. The number of unbranched alkanes of at least 4 members (excludes halogenated alkanes) is 6. The molecule has 0 heterocycles. The highest BCUT2D eigenvalue weighted by Gasteiger charge is 2.02. The Labute approximate surface area is 132 Å². The van der Waals surface area contributed by atoms with E-state index in [2.05, 4.69) is 25.7 Å². The van der Waals surface area contributed by atoms with Crippen molar-refractivity contribution in [1.29, 1.82) is 0 Å². The van der Waals surface area contributed by atoms with Crippen LogP contribution in [0.5, 0.6) is 0 Å². The SMILES string of the molecule is C=CC=CC=CC=CCCCCCC[C@@H](O)CCCCC. The number of allylic oxidation sites excluding steroid dienone is 7. The summed E-state index contributed by atoms with van der Waals surface area (Å²) in [4.78, 5) is 0. The van der Waals surface area contributed by atoms with Crippen LogP contribution in [0.1, 0.15) is 71.1 Å². The van der Waals surface area contributed by atoms with Crippen molar-refractivity contribution in [3.05, 3.63) is 49.1 Å². The highest BCUT2D eigenvalue weighted by atomic mass is 16.3. The van der Waals surface area contributed by atoms with E-state index in [-0.39, 0.29) is 6.10 Å². The van der Waals surface area contributed by atoms with Crippen molar-refractivity contribution in [3.63, 3.8) is 0 Å². The van der Waals surface area contributed by atoms with Crippen LogP contribution in [0.4, 0.5) is 0 Å². The minimum absolute atomic E-state index is 0.0646. The molecule has 0 spiro atoms. The third-order valence-electron chi connectivity index (χ3n) is 3.52. The lowest BCUT2D eigenvalue weighted by atomic mass is 10.0. The quantitative estimate of drug-likeness (QED) is 0.302. The number of hydrogen-bond donors (Lipinski definition) is 1. The van der Waals surface area contributed by atoms with Crippen LogP contribution in [0.25, 0.3) is 0 Å². The molecule has 0 aromatic carbocycles. The van der Waals surface area contributed by atoms with Crippen LogP contribution in [-0.4, -0.2) is 11.2 Å². The van der Waals surface area contributed by atoms with Crippen molar-refractivity contribution in [2.45, 2.75) is 77.2 Å². The molecule has 1 nitrogen and oxygen atoms in total. The van der Waals surface area contributed by atoms with E-state index in [0.717, 1.165) is 19.3 Å². The molecule has 0 fully saturated rings. The molecular formula is C20H34O. The van der Waals surface area contributed by atoms with Gasteiger partial charge in [0.05, 0.1) is 6.10 Å². The van der Waals surface area contributed by atoms with Crippen LogP contribution in [0, 0.1) is 0 Å². The Bertz CT molecular complexity index is 299. The Balaban J connectivity index is 3.32. The zero-order valence-corrected chi connectivity index (χ0v) is 13.8. The molecule has 0 saturated heterocycles. The van der Waals surface area contributed by atoms with Crippen molar-refractivity contribution >= 4 is 0 Å². The summed E-state index contributed by atoms with van der Waals surface area (Å²) < 4.78 is 0. The molecule has 0 bridgehead atoms. The Hall–Kier alpha value is -1.08. The Morgan fingerprint density at radius 3 is 2.14 bits per heavy atom. The number of hydrogen-bond acceptors (Lipinski definition) is 1. The summed E-state index contributed by atoms with van der Waals surface area (Å²) in [6.45, 7) is 5.82. The fourth-order valence-corrected chi connectivity index (χ4v) is 2.22. The summed E-state index contributed by atoms with van der Waals surface area (Å²) in [5.74, 6) is 0. The van der Waals surface area contributed by atoms with Gasteiger partial charge in [-0.05, 0) is 25.7 Å². The predicted octanol–water partition coefficient (Wildman–Crippen LogP) is 6.12. The Morgan fingerprint density at radius 2 is 1.43 bits per heavy atom. The maximum atomic E-state index is 9.81. The van der Waals surface area contributed by atoms with Gasteiger partial charge < -0.3 is 5.11 Å². The summed E-state index contributed by atoms with van der Waals surface area (Å²) in [5.41, 5.74) is 0. The monoisotopic (exact) mass is 290 g/mol. The highest BCUT2D eigenvalue weighted by molar-refractivity contribution is 5.14. The van der Waals surface area contributed by atoms with Gasteiger partial charge in [-0.25, -0.2) is 0 Å². The molecule has 0 amide bonds. The summed E-state index contributed by atoms with van der Waals surface area (Å²) in [7, 11) is 0. The van der Waals surface area contributed by atoms with Crippen LogP contribution in [-0.2, 0) is 0 Å². The Kier molecular flexibility index (Phi) is 16.1. The molecule has 21 heavy (non-hydrogen) atoms. The molecule has 0 aliphatic heterocycles. The van der Waals surface area contributed by atoms with Crippen molar-refractivity contribution in [2.24, 2.45) is 0 Å². The van der Waals surface area contributed by atoms with Crippen LogP contribution in [0.2, 0.25) is 0 Å². The molecule has 0 rings (SSSR count). The highest BCUT2D eigenvalue weighted by Crippen LogP contribution is 2.12. The maximum Gasteiger partial charge on any atom is 0.0540 e. The van der Waals surface area contributed by atoms with Crippen molar-refractivity contribution in [3.8, 4) is 0 Å². The van der Waals surface area contributed by atoms with E-state index >= 15 is 0 Å². The molecule has 0 aliphatic carbocycles. The minimum Gasteiger partial charge on any atom is -0.393 e. The van der Waals surface area contributed by atoms with Gasteiger partial charge in [0, 0.05) is 0 Å². The molecule has 0 unspecified atom stereocenters. The second kappa shape index (κ2) is 17.0. The predicted molar refractivity (Wildman–Crippen MR) is 95.5 cm³/mol. The number of aliphatic hydroxyl groups excluding tert-OH is 1. The normalized spacial score (nSPS) is 13.6. The lowest BCUT2D eigenvalue weighted by molar-refractivity contribution is 0.147. The van der Waals surface area contributed by atoms with Crippen molar-refractivity contribution in [2.75, 3.05) is 0 Å². The average molecular weight is 290 g/mol. The van der Waals surface area contributed by atoms with Crippen LogP contribution in [0.15, 0.2) is 49.1 Å². The smallest absolute Gasteiger partial charge is 0.0540 e. The second-order valence-electron chi connectivity index (χ2n) is 5.57. The first-order valence-electron chi connectivity index (χ1n) is 8.60. The third-order valence-corrected chi connectivity index (χ3v) is 3.52. The Morgan fingerprint density at radius 1 is 0.810 bits per heavy atom.